The van der Waals surface area contributed by atoms with Gasteiger partial charge in [0, 0.05) is 10.8 Å². The van der Waals surface area contributed by atoms with E-state index in [-0.39, 0.29) is 10.7 Å². The summed E-state index contributed by atoms with van der Waals surface area (Å²) in [5, 5.41) is 20.3. The normalized spacial score (nSPS) is 15.4. The third-order valence-electron chi connectivity index (χ3n) is 6.02. The van der Waals surface area contributed by atoms with Gasteiger partial charge in [-0.3, -0.25) is 14.5 Å². The van der Waals surface area contributed by atoms with Gasteiger partial charge in [-0.15, -0.1) is 10.2 Å². The Hall–Kier alpha value is -3.92. The van der Waals surface area contributed by atoms with Gasteiger partial charge in [0.2, 0.25) is 5.13 Å². The van der Waals surface area contributed by atoms with Crippen LogP contribution < -0.4 is 9.64 Å². The molecule has 5 rings (SSSR count). The Kier molecular flexibility index (Phi) is 8.11. The van der Waals surface area contributed by atoms with E-state index in [0.29, 0.717) is 26.4 Å². The smallest absolute Gasteiger partial charge is 0.296 e. The molecular weight excluding hydrogens is 554 g/mol. The number of thioether (sulfide) groups is 1. The Balaban J connectivity index is 1.48. The zero-order valence-corrected chi connectivity index (χ0v) is 23.0. The van der Waals surface area contributed by atoms with E-state index >= 15 is 0 Å². The number of carbonyl (C=O) groups excluding carboxylic acids is 2. The predicted molar refractivity (Wildman–Crippen MR) is 154 cm³/mol. The summed E-state index contributed by atoms with van der Waals surface area (Å²) in [5.41, 5.74) is 2.31. The first-order valence-electron chi connectivity index (χ1n) is 11.8. The number of ketones is 1. The van der Waals surface area contributed by atoms with Gasteiger partial charge in [0.15, 0.2) is 15.9 Å². The first kappa shape index (κ1) is 26.7. The SMILES string of the molecule is COc1cccc(C2C(C(=O)/C=C/c3ccccc3)=C(O)C(=O)N2c2nnc(SCc3ccccc3Cl)s2)c1. The molecule has 2 heterocycles. The molecule has 0 fully saturated rings. The number of carbonyl (C=O) groups is 2. The molecule has 0 saturated heterocycles. The number of benzene rings is 3. The molecule has 39 heavy (non-hydrogen) atoms. The standard InChI is InChI=1S/C29H22ClN3O4S2/c1-37-21-12-7-11-19(16-21)25-24(23(34)15-14-18-8-3-2-4-9-18)26(35)27(36)33(25)28-31-32-29(39-28)38-17-20-10-5-6-13-22(20)30/h2-16,25,35H,17H2,1H3/b15-14+. The van der Waals surface area contributed by atoms with Gasteiger partial charge in [-0.1, -0.05) is 101 Å². The molecule has 0 bridgehead atoms. The molecule has 196 valence electrons. The summed E-state index contributed by atoms with van der Waals surface area (Å²) in [6, 6.07) is 22.9. The van der Waals surface area contributed by atoms with Crippen molar-refractivity contribution in [1.82, 2.24) is 10.2 Å². The van der Waals surface area contributed by atoms with Crippen LogP contribution in [0.25, 0.3) is 6.08 Å². The Bertz CT molecular complexity index is 1590. The summed E-state index contributed by atoms with van der Waals surface area (Å²) in [6.07, 6.45) is 3.00. The number of aromatic nitrogens is 2. The second-order valence-corrected chi connectivity index (χ2v) is 11.0. The highest BCUT2D eigenvalue weighted by atomic mass is 35.5. The molecule has 3 aromatic carbocycles. The molecular formula is C29H22ClN3O4S2. The van der Waals surface area contributed by atoms with Gasteiger partial charge < -0.3 is 9.84 Å². The van der Waals surface area contributed by atoms with Crippen molar-refractivity contribution in [3.8, 4) is 5.75 Å². The number of rotatable bonds is 9. The highest BCUT2D eigenvalue weighted by molar-refractivity contribution is 8.00. The van der Waals surface area contributed by atoms with E-state index in [2.05, 4.69) is 10.2 Å². The number of hydrogen-bond acceptors (Lipinski definition) is 8. The maximum atomic E-state index is 13.4. The Morgan fingerprint density at radius 2 is 1.87 bits per heavy atom. The van der Waals surface area contributed by atoms with Gasteiger partial charge in [0.25, 0.3) is 5.91 Å². The lowest BCUT2D eigenvalue weighted by molar-refractivity contribution is -0.117. The fraction of sp³-hybridized carbons (Fsp3) is 0.103. The van der Waals surface area contributed by atoms with Gasteiger partial charge in [0.1, 0.15) is 5.75 Å². The molecule has 1 aromatic heterocycles. The molecule has 4 aromatic rings. The Morgan fingerprint density at radius 1 is 1.10 bits per heavy atom. The number of aliphatic hydroxyl groups excluding tert-OH is 1. The number of ether oxygens (including phenoxy) is 1. The van der Waals surface area contributed by atoms with Crippen LogP contribution in [0.1, 0.15) is 22.7 Å². The molecule has 1 atom stereocenters. The second kappa shape index (κ2) is 11.9. The van der Waals surface area contributed by atoms with E-state index in [1.54, 1.807) is 30.3 Å². The minimum Gasteiger partial charge on any atom is -0.503 e. The number of halogens is 1. The summed E-state index contributed by atoms with van der Waals surface area (Å²) >= 11 is 8.91. The Labute approximate surface area is 238 Å². The van der Waals surface area contributed by atoms with Gasteiger partial charge in [-0.25, -0.2) is 0 Å². The van der Waals surface area contributed by atoms with E-state index < -0.39 is 23.5 Å². The van der Waals surface area contributed by atoms with Crippen molar-refractivity contribution in [1.29, 1.82) is 0 Å². The number of amides is 1. The largest absolute Gasteiger partial charge is 0.503 e. The van der Waals surface area contributed by atoms with Crippen molar-refractivity contribution in [2.75, 3.05) is 12.0 Å². The van der Waals surface area contributed by atoms with Crippen molar-refractivity contribution in [2.45, 2.75) is 16.1 Å². The topological polar surface area (TPSA) is 92.6 Å². The van der Waals surface area contributed by atoms with E-state index in [4.69, 9.17) is 16.3 Å². The van der Waals surface area contributed by atoms with Gasteiger partial charge in [-0.05, 0) is 41.0 Å². The average molecular weight is 576 g/mol. The summed E-state index contributed by atoms with van der Waals surface area (Å²) in [4.78, 5) is 28.1. The minimum absolute atomic E-state index is 0.0408. The molecule has 1 N–H and O–H groups in total. The number of anilines is 1. The van der Waals surface area contributed by atoms with Crippen LogP contribution in [-0.4, -0.2) is 34.1 Å². The van der Waals surface area contributed by atoms with Gasteiger partial charge in [0.05, 0.1) is 18.7 Å². The lowest BCUT2D eigenvalue weighted by Gasteiger charge is -2.24. The van der Waals surface area contributed by atoms with E-state index in [1.165, 1.54) is 41.2 Å². The maximum absolute atomic E-state index is 13.4. The molecule has 1 aliphatic heterocycles. The molecule has 0 saturated carbocycles. The van der Waals surface area contributed by atoms with Crippen LogP contribution in [0.2, 0.25) is 5.02 Å². The first-order valence-corrected chi connectivity index (χ1v) is 14.0. The van der Waals surface area contributed by atoms with Crippen LogP contribution in [0, 0.1) is 0 Å². The molecule has 7 nitrogen and oxygen atoms in total. The monoisotopic (exact) mass is 575 g/mol. The first-order chi connectivity index (χ1) is 19.0. The lowest BCUT2D eigenvalue weighted by atomic mass is 9.95. The van der Waals surface area contributed by atoms with Crippen molar-refractivity contribution >= 4 is 57.6 Å². The van der Waals surface area contributed by atoms with Crippen LogP contribution in [0.4, 0.5) is 5.13 Å². The lowest BCUT2D eigenvalue weighted by Crippen LogP contribution is -2.30. The van der Waals surface area contributed by atoms with Crippen molar-refractivity contribution in [3.05, 3.63) is 118 Å². The summed E-state index contributed by atoms with van der Waals surface area (Å²) in [5.74, 6) is -0.716. The third kappa shape index (κ3) is 5.75. The highest BCUT2D eigenvalue weighted by Gasteiger charge is 2.45. The summed E-state index contributed by atoms with van der Waals surface area (Å²) in [7, 11) is 1.53. The van der Waals surface area contributed by atoms with Crippen LogP contribution in [0.15, 0.2) is 101 Å². The van der Waals surface area contributed by atoms with Crippen LogP contribution in [-0.2, 0) is 15.3 Å². The number of methoxy groups -OCH3 is 1. The molecule has 1 aliphatic rings. The number of aliphatic hydroxyl groups is 1. The minimum atomic E-state index is -0.921. The molecule has 1 unspecified atom stereocenters. The van der Waals surface area contributed by atoms with Crippen molar-refractivity contribution < 1.29 is 19.4 Å². The second-order valence-electron chi connectivity index (χ2n) is 8.46. The van der Waals surface area contributed by atoms with E-state index in [1.807, 2.05) is 54.6 Å². The number of nitrogens with zero attached hydrogens (tertiary/aromatic N) is 3. The molecule has 0 spiro atoms. The zero-order chi connectivity index (χ0) is 27.4. The van der Waals surface area contributed by atoms with Crippen LogP contribution in [0.5, 0.6) is 5.75 Å². The third-order valence-corrected chi connectivity index (χ3v) is 8.49. The van der Waals surface area contributed by atoms with Gasteiger partial charge in [-0.2, -0.15) is 0 Å². The summed E-state index contributed by atoms with van der Waals surface area (Å²) in [6.45, 7) is 0. The predicted octanol–water partition coefficient (Wildman–Crippen LogP) is 6.67. The fourth-order valence-corrected chi connectivity index (χ4v) is 6.27. The molecule has 10 heteroatoms. The Morgan fingerprint density at radius 3 is 2.64 bits per heavy atom. The van der Waals surface area contributed by atoms with Crippen LogP contribution in [0.3, 0.4) is 0 Å². The average Bonchev–Trinajstić information content (AvgIpc) is 3.53. The number of hydrogen-bond donors (Lipinski definition) is 1. The fourth-order valence-electron chi connectivity index (χ4n) is 4.12. The maximum Gasteiger partial charge on any atom is 0.296 e. The molecule has 1 amide bonds. The van der Waals surface area contributed by atoms with Crippen molar-refractivity contribution in [2.24, 2.45) is 0 Å². The number of allylic oxidation sites excluding steroid dienone is 1. The zero-order valence-electron chi connectivity index (χ0n) is 20.7. The molecule has 0 aliphatic carbocycles. The van der Waals surface area contributed by atoms with E-state index in [9.17, 15) is 14.7 Å². The van der Waals surface area contributed by atoms with Crippen molar-refractivity contribution in [3.63, 3.8) is 0 Å². The quantitative estimate of drug-likeness (QED) is 0.135. The summed E-state index contributed by atoms with van der Waals surface area (Å²) < 4.78 is 5.99. The van der Waals surface area contributed by atoms with Crippen LogP contribution >= 0.6 is 34.7 Å². The van der Waals surface area contributed by atoms with E-state index in [0.717, 1.165) is 11.1 Å². The molecule has 0 radical (unpaired) electrons. The highest BCUT2D eigenvalue weighted by Crippen LogP contribution is 2.44. The van der Waals surface area contributed by atoms with Gasteiger partial charge >= 0.3 is 0 Å².